The molecule has 0 saturated heterocycles. The molecule has 0 aliphatic heterocycles. The van der Waals surface area contributed by atoms with Crippen LogP contribution in [0.2, 0.25) is 0 Å². The normalized spacial score (nSPS) is 12.2. The maximum Gasteiger partial charge on any atom is 0.264 e. The Hall–Kier alpha value is -3.65. The number of benzene rings is 3. The van der Waals surface area contributed by atoms with Gasteiger partial charge in [-0.2, -0.15) is 0 Å². The van der Waals surface area contributed by atoms with Crippen LogP contribution in [0.3, 0.4) is 0 Å². The van der Waals surface area contributed by atoms with Crippen molar-refractivity contribution >= 4 is 27.5 Å². The van der Waals surface area contributed by atoms with Gasteiger partial charge in [-0.05, 0) is 55.0 Å². The highest BCUT2D eigenvalue weighted by molar-refractivity contribution is 7.92. The highest BCUT2D eigenvalue weighted by Crippen LogP contribution is 2.28. The first kappa shape index (κ1) is 30.9. The molecule has 0 aliphatic rings. The molecule has 0 aliphatic carbocycles. The summed E-state index contributed by atoms with van der Waals surface area (Å²) < 4.78 is 29.2. The molecule has 0 fully saturated rings. The SMILES string of the molecule is CCc1ccccc1N(CC(=O)N(Cc1cccc(C)c1)[C@@H](CC)C(=O)NCC(C)C)S(=O)(=O)c1ccccc1. The first-order chi connectivity index (χ1) is 19.1. The first-order valence-electron chi connectivity index (χ1n) is 13.9. The standard InChI is InChI=1S/C32H41N3O4S/c1-6-27-16-11-12-19-30(27)35(40(38,39)28-17-9-8-10-18-28)23-31(36)34(22-26-15-13-14-25(5)20-26)29(7-2)32(37)33-21-24(3)4/h8-20,24,29H,6-7,21-23H2,1-5H3,(H,33,37)/t29-/m0/s1. The Balaban J connectivity index is 2.07. The predicted octanol–water partition coefficient (Wildman–Crippen LogP) is 5.33. The number of aryl methyl sites for hydroxylation is 2. The van der Waals surface area contributed by atoms with E-state index in [0.717, 1.165) is 16.7 Å². The lowest BCUT2D eigenvalue weighted by molar-refractivity contribution is -0.140. The van der Waals surface area contributed by atoms with Crippen LogP contribution in [0.15, 0.2) is 83.8 Å². The molecule has 3 aromatic rings. The van der Waals surface area contributed by atoms with E-state index in [1.807, 2.05) is 71.0 Å². The molecule has 0 bridgehead atoms. The molecule has 0 saturated carbocycles. The summed E-state index contributed by atoms with van der Waals surface area (Å²) in [7, 11) is -4.08. The van der Waals surface area contributed by atoms with Crippen molar-refractivity contribution < 1.29 is 18.0 Å². The number of carbonyl (C=O) groups excluding carboxylic acids is 2. The Labute approximate surface area is 239 Å². The maximum absolute atomic E-state index is 14.2. The van der Waals surface area contributed by atoms with Crippen LogP contribution >= 0.6 is 0 Å². The maximum atomic E-state index is 14.2. The fourth-order valence-corrected chi connectivity index (χ4v) is 6.11. The Morgan fingerprint density at radius 2 is 1.57 bits per heavy atom. The van der Waals surface area contributed by atoms with Gasteiger partial charge in [0.1, 0.15) is 12.6 Å². The number of nitrogens with zero attached hydrogens (tertiary/aromatic N) is 2. The Bertz CT molecular complexity index is 1390. The second-order valence-electron chi connectivity index (χ2n) is 10.4. The lowest BCUT2D eigenvalue weighted by atomic mass is 10.1. The van der Waals surface area contributed by atoms with E-state index in [1.54, 1.807) is 30.3 Å². The van der Waals surface area contributed by atoms with Crippen molar-refractivity contribution in [2.75, 3.05) is 17.4 Å². The molecule has 3 rings (SSSR count). The Kier molecular flexibility index (Phi) is 10.9. The fourth-order valence-electron chi connectivity index (χ4n) is 4.64. The number of amides is 2. The van der Waals surface area contributed by atoms with E-state index in [-0.39, 0.29) is 23.3 Å². The molecule has 1 atom stereocenters. The van der Waals surface area contributed by atoms with Crippen molar-refractivity contribution in [2.24, 2.45) is 5.92 Å². The smallest absolute Gasteiger partial charge is 0.264 e. The summed E-state index contributed by atoms with van der Waals surface area (Å²) >= 11 is 0. The lowest BCUT2D eigenvalue weighted by Crippen LogP contribution is -2.52. The van der Waals surface area contributed by atoms with Crippen molar-refractivity contribution in [1.82, 2.24) is 10.2 Å². The number of sulfonamides is 1. The number of carbonyl (C=O) groups is 2. The molecule has 3 aromatic carbocycles. The molecule has 1 N–H and O–H groups in total. The van der Waals surface area contributed by atoms with Crippen LogP contribution in [0.4, 0.5) is 5.69 Å². The molecule has 0 spiro atoms. The topological polar surface area (TPSA) is 86.8 Å². The molecule has 0 radical (unpaired) electrons. The van der Waals surface area contributed by atoms with Gasteiger partial charge in [0.2, 0.25) is 11.8 Å². The molecule has 0 heterocycles. The molecule has 0 aromatic heterocycles. The molecule has 8 heteroatoms. The van der Waals surface area contributed by atoms with E-state index in [0.29, 0.717) is 25.1 Å². The summed E-state index contributed by atoms with van der Waals surface area (Å²) in [5.41, 5.74) is 3.17. The van der Waals surface area contributed by atoms with E-state index >= 15 is 0 Å². The minimum absolute atomic E-state index is 0.0978. The van der Waals surface area contributed by atoms with Crippen LogP contribution in [0.1, 0.15) is 50.8 Å². The van der Waals surface area contributed by atoms with Crippen molar-refractivity contribution in [3.8, 4) is 0 Å². The number of anilines is 1. The molecule has 40 heavy (non-hydrogen) atoms. The van der Waals surface area contributed by atoms with E-state index in [9.17, 15) is 18.0 Å². The van der Waals surface area contributed by atoms with Crippen molar-refractivity contribution in [3.63, 3.8) is 0 Å². The van der Waals surface area contributed by atoms with Gasteiger partial charge in [-0.1, -0.05) is 93.9 Å². The second-order valence-corrected chi connectivity index (χ2v) is 12.2. The van der Waals surface area contributed by atoms with E-state index in [1.165, 1.54) is 21.3 Å². The van der Waals surface area contributed by atoms with E-state index < -0.39 is 28.5 Å². The van der Waals surface area contributed by atoms with Crippen molar-refractivity contribution in [1.29, 1.82) is 0 Å². The van der Waals surface area contributed by atoms with Gasteiger partial charge in [-0.3, -0.25) is 13.9 Å². The number of hydrogen-bond donors (Lipinski definition) is 1. The highest BCUT2D eigenvalue weighted by Gasteiger charge is 2.34. The zero-order valence-corrected chi connectivity index (χ0v) is 24.9. The third kappa shape index (κ3) is 7.72. The zero-order valence-electron chi connectivity index (χ0n) is 24.1. The minimum atomic E-state index is -4.08. The van der Waals surface area contributed by atoms with Crippen molar-refractivity contribution in [3.05, 3.63) is 95.6 Å². The first-order valence-corrected chi connectivity index (χ1v) is 15.3. The van der Waals surface area contributed by atoms with E-state index in [4.69, 9.17) is 0 Å². The number of nitrogens with one attached hydrogen (secondary N) is 1. The third-order valence-electron chi connectivity index (χ3n) is 6.76. The average molecular weight is 564 g/mol. The number of rotatable bonds is 13. The van der Waals surface area contributed by atoms with Crippen molar-refractivity contribution in [2.45, 2.75) is 64.9 Å². The van der Waals surface area contributed by atoms with Gasteiger partial charge < -0.3 is 10.2 Å². The summed E-state index contributed by atoms with van der Waals surface area (Å²) in [5.74, 6) is -0.443. The summed E-state index contributed by atoms with van der Waals surface area (Å²) in [6.07, 6.45) is 0.978. The van der Waals surface area contributed by atoms with Crippen LogP contribution in [0.5, 0.6) is 0 Å². The largest absolute Gasteiger partial charge is 0.354 e. The molecule has 0 unspecified atom stereocenters. The van der Waals surface area contributed by atoms with Gasteiger partial charge >= 0.3 is 0 Å². The van der Waals surface area contributed by atoms with E-state index in [2.05, 4.69) is 5.32 Å². The Morgan fingerprint density at radius 3 is 2.20 bits per heavy atom. The monoisotopic (exact) mass is 563 g/mol. The second kappa shape index (κ2) is 14.1. The summed E-state index contributed by atoms with van der Waals surface area (Å²) in [5, 5.41) is 2.96. The molecular formula is C32H41N3O4S. The predicted molar refractivity (Wildman–Crippen MR) is 160 cm³/mol. The molecule has 214 valence electrons. The average Bonchev–Trinajstić information content (AvgIpc) is 2.95. The van der Waals surface area contributed by atoms with Gasteiger partial charge in [-0.15, -0.1) is 0 Å². The lowest BCUT2D eigenvalue weighted by Gasteiger charge is -2.34. The molecule has 7 nitrogen and oxygen atoms in total. The number of para-hydroxylation sites is 1. The van der Waals surface area contributed by atoms with Crippen LogP contribution in [-0.4, -0.2) is 44.3 Å². The van der Waals surface area contributed by atoms with Crippen LogP contribution < -0.4 is 9.62 Å². The highest BCUT2D eigenvalue weighted by atomic mass is 32.2. The van der Waals surface area contributed by atoms with Gasteiger partial charge in [0.25, 0.3) is 10.0 Å². The molecule has 2 amide bonds. The van der Waals surface area contributed by atoms with Crippen LogP contribution in [0.25, 0.3) is 0 Å². The Morgan fingerprint density at radius 1 is 0.900 bits per heavy atom. The van der Waals surface area contributed by atoms with Gasteiger partial charge in [0, 0.05) is 13.1 Å². The summed E-state index contributed by atoms with van der Waals surface area (Å²) in [6.45, 7) is 10.0. The minimum Gasteiger partial charge on any atom is -0.354 e. The quantitative estimate of drug-likeness (QED) is 0.305. The number of hydrogen-bond acceptors (Lipinski definition) is 4. The van der Waals surface area contributed by atoms with Gasteiger partial charge in [0.15, 0.2) is 0 Å². The van der Waals surface area contributed by atoms with Gasteiger partial charge in [-0.25, -0.2) is 8.42 Å². The molecular weight excluding hydrogens is 522 g/mol. The fraction of sp³-hybridized carbons (Fsp3) is 0.375. The van der Waals surface area contributed by atoms with Crippen LogP contribution in [0, 0.1) is 12.8 Å². The van der Waals surface area contributed by atoms with Gasteiger partial charge in [0.05, 0.1) is 10.6 Å². The summed E-state index contributed by atoms with van der Waals surface area (Å²) in [4.78, 5) is 29.1. The van der Waals surface area contributed by atoms with Crippen LogP contribution in [-0.2, 0) is 32.6 Å². The zero-order chi connectivity index (χ0) is 29.3. The third-order valence-corrected chi connectivity index (χ3v) is 8.53. The summed E-state index contributed by atoms with van der Waals surface area (Å²) in [6, 6.07) is 22.4.